The van der Waals surface area contributed by atoms with Gasteiger partial charge in [0.15, 0.2) is 0 Å². The van der Waals surface area contributed by atoms with E-state index in [1.54, 1.807) is 24.3 Å². The van der Waals surface area contributed by atoms with Crippen molar-refractivity contribution in [2.24, 2.45) is 0 Å². The molecule has 0 spiro atoms. The Hall–Kier alpha value is -2.39. The topological polar surface area (TPSA) is 86.8 Å². The van der Waals surface area contributed by atoms with Crippen LogP contribution in [0.15, 0.2) is 53.0 Å². The van der Waals surface area contributed by atoms with Gasteiger partial charge < -0.3 is 10.2 Å². The van der Waals surface area contributed by atoms with E-state index in [0.717, 1.165) is 21.7 Å². The Morgan fingerprint density at radius 3 is 2.29 bits per heavy atom. The third kappa shape index (κ3) is 6.80. The molecular weight excluding hydrogens is 482 g/mol. The van der Waals surface area contributed by atoms with Crippen molar-refractivity contribution in [2.75, 3.05) is 24.2 Å². The highest BCUT2D eigenvalue weighted by atomic mass is 79.9. The van der Waals surface area contributed by atoms with Crippen molar-refractivity contribution < 1.29 is 18.0 Å². The van der Waals surface area contributed by atoms with E-state index in [0.29, 0.717) is 16.6 Å². The second-order valence-electron chi connectivity index (χ2n) is 7.30. The van der Waals surface area contributed by atoms with Crippen molar-refractivity contribution in [1.29, 1.82) is 0 Å². The first kappa shape index (κ1) is 24.9. The minimum Gasteiger partial charge on any atom is -0.357 e. The lowest BCUT2D eigenvalue weighted by atomic mass is 10.1. The van der Waals surface area contributed by atoms with Gasteiger partial charge in [0.2, 0.25) is 21.8 Å². The zero-order valence-corrected chi connectivity index (χ0v) is 20.5. The van der Waals surface area contributed by atoms with Gasteiger partial charge in [-0.3, -0.25) is 13.9 Å². The number of hydrogen-bond donors (Lipinski definition) is 1. The Morgan fingerprint density at radius 2 is 1.77 bits per heavy atom. The van der Waals surface area contributed by atoms with Gasteiger partial charge in [-0.05, 0) is 37.1 Å². The molecule has 1 atom stereocenters. The van der Waals surface area contributed by atoms with Gasteiger partial charge in [0, 0.05) is 18.1 Å². The predicted octanol–water partition coefficient (Wildman–Crippen LogP) is 3.08. The summed E-state index contributed by atoms with van der Waals surface area (Å²) in [6.45, 7) is 3.57. The molecule has 0 aliphatic rings. The second kappa shape index (κ2) is 10.8. The average molecular weight is 510 g/mol. The predicted molar refractivity (Wildman–Crippen MR) is 126 cm³/mol. The van der Waals surface area contributed by atoms with Crippen LogP contribution in [-0.2, 0) is 26.2 Å². The van der Waals surface area contributed by atoms with Crippen LogP contribution < -0.4 is 9.62 Å². The van der Waals surface area contributed by atoms with E-state index >= 15 is 0 Å². The molecule has 0 heterocycles. The van der Waals surface area contributed by atoms with Crippen molar-refractivity contribution in [3.8, 4) is 0 Å². The molecule has 0 bridgehead atoms. The smallest absolute Gasteiger partial charge is 0.244 e. The number of amides is 2. The molecule has 0 saturated heterocycles. The lowest BCUT2D eigenvalue weighted by Crippen LogP contribution is -2.51. The second-order valence-corrected chi connectivity index (χ2v) is 10.1. The van der Waals surface area contributed by atoms with E-state index in [4.69, 9.17) is 0 Å². The van der Waals surface area contributed by atoms with Gasteiger partial charge in [0.25, 0.3) is 0 Å². The first-order valence-electron chi connectivity index (χ1n) is 9.86. The number of sulfonamides is 1. The molecule has 1 N–H and O–H groups in total. The summed E-state index contributed by atoms with van der Waals surface area (Å²) in [6, 6.07) is 13.7. The van der Waals surface area contributed by atoms with Crippen LogP contribution in [0.3, 0.4) is 0 Å². The summed E-state index contributed by atoms with van der Waals surface area (Å²) in [6.07, 6.45) is 1.45. The zero-order chi connectivity index (χ0) is 23.2. The Labute approximate surface area is 192 Å². The third-order valence-electron chi connectivity index (χ3n) is 4.88. The molecule has 0 fully saturated rings. The number of rotatable bonds is 9. The first-order valence-corrected chi connectivity index (χ1v) is 12.5. The summed E-state index contributed by atoms with van der Waals surface area (Å²) >= 11 is 3.34. The van der Waals surface area contributed by atoms with Crippen LogP contribution in [0.2, 0.25) is 0 Å². The number of aryl methyl sites for hydroxylation is 1. The van der Waals surface area contributed by atoms with E-state index in [1.807, 2.05) is 38.1 Å². The average Bonchev–Trinajstić information content (AvgIpc) is 2.72. The summed E-state index contributed by atoms with van der Waals surface area (Å²) in [5.41, 5.74) is 2.31. The molecule has 0 aromatic heterocycles. The molecule has 0 aliphatic heterocycles. The highest BCUT2D eigenvalue weighted by Gasteiger charge is 2.31. The van der Waals surface area contributed by atoms with Crippen molar-refractivity contribution in [3.05, 3.63) is 64.1 Å². The van der Waals surface area contributed by atoms with Crippen LogP contribution in [-0.4, -0.2) is 51.0 Å². The first-order chi connectivity index (χ1) is 14.6. The standard InChI is InChI=1S/C22H28BrN3O4S/c1-5-20(22(28)24-3)25(14-17-11-9-16(2)10-12-17)21(27)15-26(31(4,29)30)19-8-6-7-18(23)13-19/h6-13,20H,5,14-15H2,1-4H3,(H,24,28)/t20-/m1/s1. The fourth-order valence-electron chi connectivity index (χ4n) is 3.22. The molecular formula is C22H28BrN3O4S. The van der Waals surface area contributed by atoms with Crippen LogP contribution in [0.25, 0.3) is 0 Å². The zero-order valence-electron chi connectivity index (χ0n) is 18.1. The number of benzene rings is 2. The number of carbonyl (C=O) groups excluding carboxylic acids is 2. The molecule has 2 aromatic rings. The van der Waals surface area contributed by atoms with Crippen LogP contribution in [0.1, 0.15) is 24.5 Å². The minimum absolute atomic E-state index is 0.196. The van der Waals surface area contributed by atoms with Crippen molar-refractivity contribution >= 4 is 43.5 Å². The lowest BCUT2D eigenvalue weighted by Gasteiger charge is -2.32. The van der Waals surface area contributed by atoms with Crippen LogP contribution >= 0.6 is 15.9 Å². The molecule has 0 aliphatic carbocycles. The Bertz CT molecular complexity index is 1030. The third-order valence-corrected chi connectivity index (χ3v) is 6.52. The quantitative estimate of drug-likeness (QED) is 0.562. The Morgan fingerprint density at radius 1 is 1.13 bits per heavy atom. The van der Waals surface area contributed by atoms with E-state index in [2.05, 4.69) is 21.2 Å². The largest absolute Gasteiger partial charge is 0.357 e. The van der Waals surface area contributed by atoms with Gasteiger partial charge in [0.05, 0.1) is 11.9 Å². The van der Waals surface area contributed by atoms with E-state index in [1.165, 1.54) is 11.9 Å². The normalized spacial score (nSPS) is 12.2. The SMILES string of the molecule is CC[C@H](C(=O)NC)N(Cc1ccc(C)cc1)C(=O)CN(c1cccc(Br)c1)S(C)(=O)=O. The molecule has 0 radical (unpaired) electrons. The number of hydrogen-bond acceptors (Lipinski definition) is 4. The molecule has 0 unspecified atom stereocenters. The monoisotopic (exact) mass is 509 g/mol. The van der Waals surface area contributed by atoms with Gasteiger partial charge in [-0.1, -0.05) is 58.7 Å². The molecule has 31 heavy (non-hydrogen) atoms. The number of likely N-dealkylation sites (N-methyl/N-ethyl adjacent to an activating group) is 1. The van der Waals surface area contributed by atoms with Gasteiger partial charge in [0.1, 0.15) is 12.6 Å². The van der Waals surface area contributed by atoms with Crippen LogP contribution in [0.4, 0.5) is 5.69 Å². The minimum atomic E-state index is -3.74. The Kier molecular flexibility index (Phi) is 8.64. The van der Waals surface area contributed by atoms with Crippen molar-refractivity contribution in [2.45, 2.75) is 32.9 Å². The van der Waals surface area contributed by atoms with Crippen molar-refractivity contribution in [3.63, 3.8) is 0 Å². The molecule has 2 rings (SSSR count). The van der Waals surface area contributed by atoms with Crippen molar-refractivity contribution in [1.82, 2.24) is 10.2 Å². The fourth-order valence-corrected chi connectivity index (χ4v) is 4.45. The molecule has 2 amide bonds. The van der Waals surface area contributed by atoms with E-state index in [9.17, 15) is 18.0 Å². The van der Waals surface area contributed by atoms with Gasteiger partial charge in [-0.15, -0.1) is 0 Å². The summed E-state index contributed by atoms with van der Waals surface area (Å²) in [5.74, 6) is -0.752. The molecule has 7 nitrogen and oxygen atoms in total. The highest BCUT2D eigenvalue weighted by molar-refractivity contribution is 9.10. The van der Waals surface area contributed by atoms with Crippen LogP contribution in [0.5, 0.6) is 0 Å². The summed E-state index contributed by atoms with van der Waals surface area (Å²) in [4.78, 5) is 27.3. The lowest BCUT2D eigenvalue weighted by molar-refractivity contribution is -0.140. The fraction of sp³-hybridized carbons (Fsp3) is 0.364. The number of nitrogens with one attached hydrogen (secondary N) is 1. The van der Waals surface area contributed by atoms with E-state index < -0.39 is 28.5 Å². The number of carbonyl (C=O) groups is 2. The van der Waals surface area contributed by atoms with Crippen LogP contribution in [0, 0.1) is 6.92 Å². The maximum Gasteiger partial charge on any atom is 0.244 e. The molecule has 168 valence electrons. The summed E-state index contributed by atoms with van der Waals surface area (Å²) < 4.78 is 26.7. The number of anilines is 1. The summed E-state index contributed by atoms with van der Waals surface area (Å²) in [7, 11) is -2.22. The highest BCUT2D eigenvalue weighted by Crippen LogP contribution is 2.23. The molecule has 0 saturated carbocycles. The Balaban J connectivity index is 2.41. The van der Waals surface area contributed by atoms with Gasteiger partial charge in [-0.25, -0.2) is 8.42 Å². The molecule has 9 heteroatoms. The van der Waals surface area contributed by atoms with Gasteiger partial charge >= 0.3 is 0 Å². The summed E-state index contributed by atoms with van der Waals surface area (Å²) in [5, 5.41) is 2.60. The van der Waals surface area contributed by atoms with Gasteiger partial charge in [-0.2, -0.15) is 0 Å². The number of nitrogens with zero attached hydrogens (tertiary/aromatic N) is 2. The van der Waals surface area contributed by atoms with E-state index in [-0.39, 0.29) is 12.5 Å². The number of halogens is 1. The maximum absolute atomic E-state index is 13.4. The molecule has 2 aromatic carbocycles. The maximum atomic E-state index is 13.4.